The van der Waals surface area contributed by atoms with E-state index in [1.807, 2.05) is 0 Å². The fraction of sp³-hybridized carbons (Fsp3) is 0.167. The zero-order valence-corrected chi connectivity index (χ0v) is 11.9. The molecule has 5 nitrogen and oxygen atoms in total. The normalized spacial score (nSPS) is 11.3. The van der Waals surface area contributed by atoms with Crippen LogP contribution in [0, 0.1) is 0 Å². The third kappa shape index (κ3) is 3.06. The van der Waals surface area contributed by atoms with Crippen LogP contribution in [0.4, 0.5) is 5.69 Å². The molecule has 0 aliphatic heterocycles. The van der Waals surface area contributed by atoms with Crippen molar-refractivity contribution >= 4 is 27.0 Å². The van der Waals surface area contributed by atoms with Crippen LogP contribution in [0.3, 0.4) is 0 Å². The van der Waals surface area contributed by atoms with Gasteiger partial charge in [0.05, 0.1) is 17.7 Å². The van der Waals surface area contributed by atoms with Gasteiger partial charge in [0, 0.05) is 17.5 Å². The summed E-state index contributed by atoms with van der Waals surface area (Å²) in [6, 6.07) is 6.32. The van der Waals surface area contributed by atoms with Crippen LogP contribution in [0.25, 0.3) is 0 Å². The van der Waals surface area contributed by atoms with E-state index in [0.29, 0.717) is 17.0 Å². The molecule has 1 heterocycles. The number of anilines is 1. The molecule has 2 aromatic rings. The Morgan fingerprint density at radius 2 is 2.16 bits per heavy atom. The van der Waals surface area contributed by atoms with Gasteiger partial charge < -0.3 is 10.5 Å². The van der Waals surface area contributed by atoms with Gasteiger partial charge in [-0.2, -0.15) is 11.3 Å². The van der Waals surface area contributed by atoms with E-state index in [-0.39, 0.29) is 11.4 Å². The molecule has 0 atom stereocenters. The highest BCUT2D eigenvalue weighted by molar-refractivity contribution is 7.92. The Balaban J connectivity index is 2.35. The molecular formula is C12H14N2O3S2. The molecule has 0 unspecified atom stereocenters. The summed E-state index contributed by atoms with van der Waals surface area (Å²) >= 11 is 1.42. The summed E-state index contributed by atoms with van der Waals surface area (Å²) in [6.45, 7) is 0.213. The number of ether oxygens (including phenoxy) is 1. The van der Waals surface area contributed by atoms with E-state index in [1.165, 1.54) is 30.6 Å². The van der Waals surface area contributed by atoms with Crippen molar-refractivity contribution in [2.75, 3.05) is 11.8 Å². The highest BCUT2D eigenvalue weighted by Gasteiger charge is 2.16. The van der Waals surface area contributed by atoms with E-state index in [0.717, 1.165) is 0 Å². The van der Waals surface area contributed by atoms with Crippen LogP contribution in [-0.2, 0) is 16.6 Å². The molecule has 0 spiro atoms. The van der Waals surface area contributed by atoms with Crippen LogP contribution < -0.4 is 15.2 Å². The molecule has 2 rings (SSSR count). The molecule has 102 valence electrons. The molecule has 0 saturated carbocycles. The van der Waals surface area contributed by atoms with Crippen LogP contribution in [0.15, 0.2) is 39.9 Å². The van der Waals surface area contributed by atoms with Crippen LogP contribution in [0.1, 0.15) is 5.56 Å². The average Bonchev–Trinajstić information content (AvgIpc) is 2.89. The fourth-order valence-corrected chi connectivity index (χ4v) is 3.38. The molecule has 3 N–H and O–H groups in total. The summed E-state index contributed by atoms with van der Waals surface area (Å²) in [5.74, 6) is 0.581. The first-order valence-electron chi connectivity index (χ1n) is 5.49. The van der Waals surface area contributed by atoms with Gasteiger partial charge in [0.25, 0.3) is 10.0 Å². The van der Waals surface area contributed by atoms with E-state index in [4.69, 9.17) is 10.5 Å². The minimum Gasteiger partial charge on any atom is -0.496 e. The lowest BCUT2D eigenvalue weighted by Gasteiger charge is -2.10. The van der Waals surface area contributed by atoms with Crippen molar-refractivity contribution in [2.24, 2.45) is 5.73 Å². The summed E-state index contributed by atoms with van der Waals surface area (Å²) in [4.78, 5) is 0.167. The quantitative estimate of drug-likeness (QED) is 0.885. The van der Waals surface area contributed by atoms with Gasteiger partial charge in [-0.3, -0.25) is 4.72 Å². The third-order valence-electron chi connectivity index (χ3n) is 2.56. The summed E-state index contributed by atoms with van der Waals surface area (Å²) in [5.41, 5.74) is 6.78. The first kappa shape index (κ1) is 13.9. The first-order chi connectivity index (χ1) is 9.06. The van der Waals surface area contributed by atoms with Crippen molar-refractivity contribution in [3.05, 3.63) is 40.6 Å². The Hall–Kier alpha value is -1.57. The van der Waals surface area contributed by atoms with Crippen molar-refractivity contribution < 1.29 is 13.2 Å². The Morgan fingerprint density at radius 1 is 1.37 bits per heavy atom. The van der Waals surface area contributed by atoms with Crippen molar-refractivity contribution in [3.63, 3.8) is 0 Å². The van der Waals surface area contributed by atoms with Crippen molar-refractivity contribution in [2.45, 2.75) is 11.4 Å². The van der Waals surface area contributed by atoms with Crippen LogP contribution in [0.2, 0.25) is 0 Å². The highest BCUT2D eigenvalue weighted by atomic mass is 32.2. The number of nitrogens with one attached hydrogen (secondary N) is 1. The molecule has 19 heavy (non-hydrogen) atoms. The lowest BCUT2D eigenvalue weighted by molar-refractivity contribution is 0.409. The van der Waals surface area contributed by atoms with E-state index < -0.39 is 10.0 Å². The molecule has 0 aliphatic rings. The number of nitrogens with two attached hydrogens (primary N) is 1. The van der Waals surface area contributed by atoms with Crippen LogP contribution in [0.5, 0.6) is 5.75 Å². The number of rotatable bonds is 5. The largest absolute Gasteiger partial charge is 0.496 e. The zero-order chi connectivity index (χ0) is 13.9. The minimum absolute atomic E-state index is 0.167. The van der Waals surface area contributed by atoms with Crippen molar-refractivity contribution in [3.8, 4) is 5.75 Å². The van der Waals surface area contributed by atoms with Crippen molar-refractivity contribution in [1.29, 1.82) is 0 Å². The van der Waals surface area contributed by atoms with Gasteiger partial charge in [-0.15, -0.1) is 0 Å². The van der Waals surface area contributed by atoms with Crippen LogP contribution >= 0.6 is 11.3 Å². The van der Waals surface area contributed by atoms with E-state index in [9.17, 15) is 8.42 Å². The maximum absolute atomic E-state index is 12.2. The second-order valence-corrected chi connectivity index (χ2v) is 6.26. The SMILES string of the molecule is COc1ccc(S(=O)(=O)Nc2ccsc2)cc1CN. The second-order valence-electron chi connectivity index (χ2n) is 3.80. The summed E-state index contributed by atoms with van der Waals surface area (Å²) < 4.78 is 32.0. The summed E-state index contributed by atoms with van der Waals surface area (Å²) in [6.07, 6.45) is 0. The van der Waals surface area contributed by atoms with Gasteiger partial charge in [-0.25, -0.2) is 8.42 Å². The Kier molecular flexibility index (Phi) is 4.08. The predicted molar refractivity (Wildman–Crippen MR) is 76.0 cm³/mol. The molecule has 0 saturated heterocycles. The molecule has 7 heteroatoms. The lowest BCUT2D eigenvalue weighted by Crippen LogP contribution is -2.13. The van der Waals surface area contributed by atoms with Gasteiger partial charge in [0.15, 0.2) is 0 Å². The monoisotopic (exact) mass is 298 g/mol. The van der Waals surface area contributed by atoms with Crippen molar-refractivity contribution in [1.82, 2.24) is 0 Å². The smallest absolute Gasteiger partial charge is 0.261 e. The third-order valence-corrected chi connectivity index (χ3v) is 4.62. The zero-order valence-electron chi connectivity index (χ0n) is 10.3. The lowest BCUT2D eigenvalue weighted by atomic mass is 10.2. The van der Waals surface area contributed by atoms with Gasteiger partial charge in [0.1, 0.15) is 5.75 Å². The molecule has 1 aromatic heterocycles. The molecule has 0 radical (unpaired) electrons. The Bertz CT molecular complexity index is 652. The van der Waals surface area contributed by atoms with Gasteiger partial charge in [-0.1, -0.05) is 0 Å². The molecular weight excluding hydrogens is 284 g/mol. The number of hydrogen-bond acceptors (Lipinski definition) is 5. The number of hydrogen-bond donors (Lipinski definition) is 2. The molecule has 0 amide bonds. The molecule has 1 aromatic carbocycles. The van der Waals surface area contributed by atoms with Gasteiger partial charge >= 0.3 is 0 Å². The Morgan fingerprint density at radius 3 is 2.74 bits per heavy atom. The maximum Gasteiger partial charge on any atom is 0.261 e. The minimum atomic E-state index is -3.60. The first-order valence-corrected chi connectivity index (χ1v) is 7.91. The van der Waals surface area contributed by atoms with Crippen LogP contribution in [-0.4, -0.2) is 15.5 Å². The highest BCUT2D eigenvalue weighted by Crippen LogP contribution is 2.24. The second kappa shape index (κ2) is 5.60. The molecule has 0 fully saturated rings. The number of sulfonamides is 1. The average molecular weight is 298 g/mol. The maximum atomic E-state index is 12.2. The van der Waals surface area contributed by atoms with E-state index in [1.54, 1.807) is 22.9 Å². The number of thiophene rings is 1. The Labute approximate surface area is 116 Å². The van der Waals surface area contributed by atoms with Gasteiger partial charge in [0.2, 0.25) is 0 Å². The summed E-state index contributed by atoms with van der Waals surface area (Å²) in [7, 11) is -2.08. The number of methoxy groups -OCH3 is 1. The molecule has 0 bridgehead atoms. The predicted octanol–water partition coefficient (Wildman–Crippen LogP) is 2.02. The number of benzene rings is 1. The van der Waals surface area contributed by atoms with Gasteiger partial charge in [-0.05, 0) is 29.6 Å². The fourth-order valence-electron chi connectivity index (χ4n) is 1.62. The summed E-state index contributed by atoms with van der Waals surface area (Å²) in [5, 5.41) is 3.53. The topological polar surface area (TPSA) is 81.4 Å². The standard InChI is InChI=1S/C12H14N2O3S2/c1-17-12-3-2-11(6-9(12)7-13)19(15,16)14-10-4-5-18-8-10/h2-6,8,14H,7,13H2,1H3. The van der Waals surface area contributed by atoms with E-state index in [2.05, 4.69) is 4.72 Å². The molecule has 0 aliphatic carbocycles. The van der Waals surface area contributed by atoms with E-state index >= 15 is 0 Å².